The molecule has 0 radical (unpaired) electrons. The molecule has 0 saturated heterocycles. The number of aliphatic hydroxyl groups is 1. The van der Waals surface area contributed by atoms with Gasteiger partial charge >= 0.3 is 0 Å². The molecule has 3 heterocycles. The maximum atomic E-state index is 13.4. The van der Waals surface area contributed by atoms with Gasteiger partial charge in [-0.25, -0.2) is 9.97 Å². The molecule has 0 fully saturated rings. The van der Waals surface area contributed by atoms with Gasteiger partial charge in [0.05, 0.1) is 24.5 Å². The first-order valence-electron chi connectivity index (χ1n) is 11.3. The van der Waals surface area contributed by atoms with Gasteiger partial charge < -0.3 is 15.3 Å². The van der Waals surface area contributed by atoms with Crippen LogP contribution in [-0.2, 0) is 13.5 Å². The lowest BCUT2D eigenvalue weighted by molar-refractivity contribution is 0.0570. The van der Waals surface area contributed by atoms with Crippen molar-refractivity contribution in [2.75, 3.05) is 18.5 Å². The summed E-state index contributed by atoms with van der Waals surface area (Å²) in [6, 6.07) is 14.5. The number of carbonyl (C=O) groups is 1. The zero-order valence-corrected chi connectivity index (χ0v) is 20.2. The quantitative estimate of drug-likeness (QED) is 0.419. The minimum absolute atomic E-state index is 0.102. The zero-order chi connectivity index (χ0) is 24.5. The van der Waals surface area contributed by atoms with Crippen molar-refractivity contribution >= 4 is 29.3 Å². The van der Waals surface area contributed by atoms with Gasteiger partial charge in [0, 0.05) is 42.0 Å². The number of halogens is 1. The highest BCUT2D eigenvalue weighted by molar-refractivity contribution is 6.30. The van der Waals surface area contributed by atoms with Crippen LogP contribution in [0.1, 0.15) is 33.1 Å². The van der Waals surface area contributed by atoms with Crippen molar-refractivity contribution in [1.82, 2.24) is 24.6 Å². The van der Waals surface area contributed by atoms with E-state index in [0.29, 0.717) is 29.5 Å². The monoisotopic (exact) mass is 488 g/mol. The van der Waals surface area contributed by atoms with Gasteiger partial charge in [-0.15, -0.1) is 0 Å². The average molecular weight is 489 g/mol. The number of hydrogen-bond donors (Lipinski definition) is 2. The van der Waals surface area contributed by atoms with Crippen LogP contribution in [0.3, 0.4) is 0 Å². The van der Waals surface area contributed by atoms with E-state index in [0.717, 1.165) is 33.8 Å². The predicted molar refractivity (Wildman–Crippen MR) is 135 cm³/mol. The summed E-state index contributed by atoms with van der Waals surface area (Å²) in [5.41, 5.74) is 5.08. The van der Waals surface area contributed by atoms with Gasteiger partial charge in [0.15, 0.2) is 0 Å². The number of nitrogens with zero attached hydrogens (tertiary/aromatic N) is 5. The van der Waals surface area contributed by atoms with Crippen LogP contribution in [0, 0.1) is 6.92 Å². The molecule has 0 bridgehead atoms. The minimum atomic E-state index is -0.446. The maximum Gasteiger partial charge on any atom is 0.254 e. The van der Waals surface area contributed by atoms with Crippen molar-refractivity contribution in [3.63, 3.8) is 0 Å². The SMILES string of the molecule is Cc1cnc(Nc2ccnn2C)nc1-c1ccc2c(c1)CCN([C@H](CO)c1cccc(Cl)c1)C2=O. The Labute approximate surface area is 208 Å². The second kappa shape index (κ2) is 9.48. The molecule has 1 aliphatic heterocycles. The van der Waals surface area contributed by atoms with E-state index >= 15 is 0 Å². The molecule has 1 aliphatic rings. The molecule has 0 aliphatic carbocycles. The van der Waals surface area contributed by atoms with E-state index in [1.165, 1.54) is 0 Å². The molecule has 4 aromatic rings. The van der Waals surface area contributed by atoms with Gasteiger partial charge in [-0.1, -0.05) is 29.8 Å². The Kier molecular flexibility index (Phi) is 6.23. The molecule has 1 amide bonds. The van der Waals surface area contributed by atoms with Gasteiger partial charge in [-0.05, 0) is 54.3 Å². The summed E-state index contributed by atoms with van der Waals surface area (Å²) in [5, 5.41) is 18.0. The molecule has 8 nitrogen and oxygen atoms in total. The molecule has 178 valence electrons. The highest BCUT2D eigenvalue weighted by Crippen LogP contribution is 2.32. The normalized spacial score (nSPS) is 14.1. The summed E-state index contributed by atoms with van der Waals surface area (Å²) in [6.07, 6.45) is 4.16. The molecular weight excluding hydrogens is 464 g/mol. The predicted octanol–water partition coefficient (Wildman–Crippen LogP) is 4.31. The number of rotatable bonds is 6. The lowest BCUT2D eigenvalue weighted by Gasteiger charge is -2.35. The summed E-state index contributed by atoms with van der Waals surface area (Å²) in [4.78, 5) is 24.2. The van der Waals surface area contributed by atoms with Crippen LogP contribution < -0.4 is 5.32 Å². The number of aromatic nitrogens is 4. The molecule has 35 heavy (non-hydrogen) atoms. The third kappa shape index (κ3) is 4.50. The third-order valence-corrected chi connectivity index (χ3v) is 6.54. The van der Waals surface area contributed by atoms with Crippen LogP contribution in [0.25, 0.3) is 11.3 Å². The molecule has 2 aromatic carbocycles. The van der Waals surface area contributed by atoms with Crippen molar-refractivity contribution in [2.24, 2.45) is 7.05 Å². The smallest absolute Gasteiger partial charge is 0.254 e. The first kappa shape index (κ1) is 23.0. The van der Waals surface area contributed by atoms with Gasteiger partial charge in [-0.3, -0.25) is 9.48 Å². The van der Waals surface area contributed by atoms with Gasteiger partial charge in [-0.2, -0.15) is 5.10 Å². The van der Waals surface area contributed by atoms with E-state index in [4.69, 9.17) is 16.6 Å². The summed E-state index contributed by atoms with van der Waals surface area (Å²) in [5.74, 6) is 1.16. The number of nitrogens with one attached hydrogen (secondary N) is 1. The van der Waals surface area contributed by atoms with Crippen molar-refractivity contribution in [1.29, 1.82) is 0 Å². The zero-order valence-electron chi connectivity index (χ0n) is 19.4. The fourth-order valence-electron chi connectivity index (χ4n) is 4.45. The summed E-state index contributed by atoms with van der Waals surface area (Å²) in [7, 11) is 1.84. The molecular formula is C26H25ClN6O2. The largest absolute Gasteiger partial charge is 0.394 e. The molecule has 0 saturated carbocycles. The molecule has 0 spiro atoms. The number of aliphatic hydroxyl groups excluding tert-OH is 1. The van der Waals surface area contributed by atoms with E-state index in [9.17, 15) is 9.90 Å². The van der Waals surface area contributed by atoms with E-state index in [-0.39, 0.29) is 12.5 Å². The summed E-state index contributed by atoms with van der Waals surface area (Å²) < 4.78 is 1.71. The Bertz CT molecular complexity index is 1400. The second-order valence-electron chi connectivity index (χ2n) is 8.56. The van der Waals surface area contributed by atoms with E-state index in [2.05, 4.69) is 15.4 Å². The average Bonchev–Trinajstić information content (AvgIpc) is 3.26. The van der Waals surface area contributed by atoms with Crippen LogP contribution >= 0.6 is 11.6 Å². The number of hydrogen-bond acceptors (Lipinski definition) is 6. The van der Waals surface area contributed by atoms with Crippen LogP contribution in [-0.4, -0.2) is 48.8 Å². The van der Waals surface area contributed by atoms with Crippen molar-refractivity contribution in [3.8, 4) is 11.3 Å². The summed E-state index contributed by atoms with van der Waals surface area (Å²) in [6.45, 7) is 2.29. The lowest BCUT2D eigenvalue weighted by atomic mass is 9.93. The Balaban J connectivity index is 1.43. The standard InChI is InChI=1S/C26H25ClN6O2/c1-16-14-28-26(30-23-8-10-29-32(23)2)31-24(16)19-6-7-21-17(12-19)9-11-33(25(21)35)22(15-34)18-4-3-5-20(27)13-18/h3-8,10,12-14,22,34H,9,11,15H2,1-2H3,(H,28,30,31)/t22-/m1/s1. The number of aryl methyl sites for hydroxylation is 2. The number of carbonyl (C=O) groups excluding carboxylic acids is 1. The first-order valence-corrected chi connectivity index (χ1v) is 11.7. The van der Waals surface area contributed by atoms with Crippen molar-refractivity contribution < 1.29 is 9.90 Å². The molecule has 1 atom stereocenters. The molecule has 5 rings (SSSR count). The lowest BCUT2D eigenvalue weighted by Crippen LogP contribution is -2.41. The van der Waals surface area contributed by atoms with E-state index in [1.807, 2.05) is 50.4 Å². The Morgan fingerprint density at radius 2 is 2.06 bits per heavy atom. The van der Waals surface area contributed by atoms with Gasteiger partial charge in [0.25, 0.3) is 5.91 Å². The summed E-state index contributed by atoms with van der Waals surface area (Å²) >= 11 is 6.14. The Hall–Kier alpha value is -3.75. The Morgan fingerprint density at radius 3 is 2.80 bits per heavy atom. The number of anilines is 2. The number of benzene rings is 2. The number of amides is 1. The van der Waals surface area contributed by atoms with Crippen LogP contribution in [0.15, 0.2) is 60.9 Å². The number of fused-ring (bicyclic) bond motifs is 1. The molecule has 0 unspecified atom stereocenters. The van der Waals surface area contributed by atoms with Crippen molar-refractivity contribution in [2.45, 2.75) is 19.4 Å². The van der Waals surface area contributed by atoms with E-state index < -0.39 is 6.04 Å². The first-order chi connectivity index (χ1) is 16.9. The highest BCUT2D eigenvalue weighted by atomic mass is 35.5. The Morgan fingerprint density at radius 1 is 1.20 bits per heavy atom. The van der Waals surface area contributed by atoms with Crippen LogP contribution in [0.5, 0.6) is 0 Å². The minimum Gasteiger partial charge on any atom is -0.394 e. The fourth-order valence-corrected chi connectivity index (χ4v) is 4.65. The topological polar surface area (TPSA) is 96.2 Å². The highest BCUT2D eigenvalue weighted by Gasteiger charge is 2.31. The second-order valence-corrected chi connectivity index (χ2v) is 9.00. The van der Waals surface area contributed by atoms with E-state index in [1.54, 1.807) is 34.1 Å². The molecule has 2 N–H and O–H groups in total. The fraction of sp³-hybridized carbons (Fsp3) is 0.231. The molecule has 2 aromatic heterocycles. The van der Waals surface area contributed by atoms with Gasteiger partial charge in [0.2, 0.25) is 5.95 Å². The van der Waals surface area contributed by atoms with Crippen LogP contribution in [0.2, 0.25) is 5.02 Å². The van der Waals surface area contributed by atoms with Crippen molar-refractivity contribution in [3.05, 3.63) is 88.2 Å². The van der Waals surface area contributed by atoms with Crippen LogP contribution in [0.4, 0.5) is 11.8 Å². The van der Waals surface area contributed by atoms with Gasteiger partial charge in [0.1, 0.15) is 5.82 Å². The maximum absolute atomic E-state index is 13.4. The third-order valence-electron chi connectivity index (χ3n) is 6.31. The molecule has 9 heteroatoms.